The molecule has 0 aliphatic carbocycles. The first-order valence-corrected chi connectivity index (χ1v) is 14.0. The van der Waals surface area contributed by atoms with E-state index in [0.29, 0.717) is 41.3 Å². The topological polar surface area (TPSA) is 114 Å². The highest BCUT2D eigenvalue weighted by Crippen LogP contribution is 2.36. The van der Waals surface area contributed by atoms with Gasteiger partial charge >= 0.3 is 6.03 Å². The summed E-state index contributed by atoms with van der Waals surface area (Å²) in [5.41, 5.74) is 4.97. The molecule has 0 spiro atoms. The summed E-state index contributed by atoms with van der Waals surface area (Å²) in [6.07, 6.45) is 2.17. The van der Waals surface area contributed by atoms with E-state index in [1.807, 2.05) is 44.1 Å². The van der Waals surface area contributed by atoms with Crippen molar-refractivity contribution in [1.29, 1.82) is 0 Å². The number of ether oxygens (including phenoxy) is 2. The second-order valence-electron chi connectivity index (χ2n) is 10.5. The summed E-state index contributed by atoms with van der Waals surface area (Å²) in [7, 11) is 5.45. The minimum Gasteiger partial charge on any atom is -0.497 e. The third kappa shape index (κ3) is 6.39. The molecule has 3 N–H and O–H groups in total. The molecule has 222 valence electrons. The zero-order valence-corrected chi connectivity index (χ0v) is 24.9. The Kier molecular flexibility index (Phi) is 8.49. The number of fused-ring (bicyclic) bond motifs is 2. The molecule has 10 heteroatoms. The van der Waals surface area contributed by atoms with Crippen LogP contribution in [0.1, 0.15) is 35.0 Å². The van der Waals surface area contributed by atoms with Gasteiger partial charge in [-0.3, -0.25) is 9.59 Å². The number of aryl methyl sites for hydroxylation is 1. The van der Waals surface area contributed by atoms with E-state index in [9.17, 15) is 14.4 Å². The molecule has 0 bridgehead atoms. The van der Waals surface area contributed by atoms with E-state index in [1.165, 1.54) is 0 Å². The normalized spacial score (nSPS) is 13.3. The van der Waals surface area contributed by atoms with E-state index < -0.39 is 6.03 Å². The largest absolute Gasteiger partial charge is 0.497 e. The van der Waals surface area contributed by atoms with Gasteiger partial charge in [0.15, 0.2) is 5.76 Å². The van der Waals surface area contributed by atoms with Crippen molar-refractivity contribution in [3.8, 4) is 11.5 Å². The van der Waals surface area contributed by atoms with Gasteiger partial charge in [-0.25, -0.2) is 4.79 Å². The molecule has 0 atom stereocenters. The Morgan fingerprint density at radius 2 is 1.63 bits per heavy atom. The van der Waals surface area contributed by atoms with E-state index in [0.717, 1.165) is 34.5 Å². The molecular weight excluding hydrogens is 546 g/mol. The lowest BCUT2D eigenvalue weighted by Crippen LogP contribution is -2.21. The zero-order valence-electron chi connectivity index (χ0n) is 24.9. The van der Waals surface area contributed by atoms with Crippen LogP contribution in [0.3, 0.4) is 0 Å². The molecule has 1 aromatic heterocycles. The molecule has 3 aromatic carbocycles. The number of rotatable bonds is 9. The number of hydrogen-bond donors (Lipinski definition) is 3. The van der Waals surface area contributed by atoms with Gasteiger partial charge in [0.05, 0.1) is 12.7 Å². The van der Waals surface area contributed by atoms with Crippen molar-refractivity contribution in [1.82, 2.24) is 9.47 Å². The summed E-state index contributed by atoms with van der Waals surface area (Å²) in [6, 6.07) is 17.2. The van der Waals surface area contributed by atoms with E-state index in [1.54, 1.807) is 55.7 Å². The van der Waals surface area contributed by atoms with Crippen molar-refractivity contribution in [2.45, 2.75) is 26.8 Å². The van der Waals surface area contributed by atoms with Gasteiger partial charge in [-0.2, -0.15) is 0 Å². The van der Waals surface area contributed by atoms with Crippen LogP contribution in [0.25, 0.3) is 17.0 Å². The van der Waals surface area contributed by atoms with Crippen molar-refractivity contribution >= 4 is 51.8 Å². The van der Waals surface area contributed by atoms with Crippen LogP contribution in [0.4, 0.5) is 21.9 Å². The minimum atomic E-state index is -0.471. The predicted molar refractivity (Wildman–Crippen MR) is 169 cm³/mol. The van der Waals surface area contributed by atoms with E-state index in [2.05, 4.69) is 27.4 Å². The number of carbonyl (C=O) groups is 3. The smallest absolute Gasteiger partial charge is 0.323 e. The molecule has 5 rings (SSSR count). The van der Waals surface area contributed by atoms with Crippen molar-refractivity contribution in [3.05, 3.63) is 83.2 Å². The van der Waals surface area contributed by atoms with Gasteiger partial charge in [0.1, 0.15) is 11.5 Å². The first kappa shape index (κ1) is 29.4. The fraction of sp³-hybridized carbons (Fsp3) is 0.242. The van der Waals surface area contributed by atoms with Crippen molar-refractivity contribution in [2.24, 2.45) is 0 Å². The molecule has 43 heavy (non-hydrogen) atoms. The van der Waals surface area contributed by atoms with Crippen LogP contribution in [0.15, 0.2) is 66.4 Å². The number of aromatic nitrogens is 1. The second-order valence-corrected chi connectivity index (χ2v) is 10.5. The summed E-state index contributed by atoms with van der Waals surface area (Å²) in [5.74, 6) is 1.03. The van der Waals surface area contributed by atoms with Gasteiger partial charge in [-0.05, 0) is 94.7 Å². The molecule has 1 aliphatic heterocycles. The molecular formula is C33H35N5O5. The molecule has 0 saturated carbocycles. The van der Waals surface area contributed by atoms with Crippen molar-refractivity contribution in [2.75, 3.05) is 43.7 Å². The Morgan fingerprint density at radius 1 is 0.953 bits per heavy atom. The standard InChI is InChI=1S/C33H35N5O5/c1-6-38-20(2)25(26-18-24(42-5)12-13-28(26)38)19-30-32(40)27-17-23(11-14-29(27)43-30)36-33(41)35-22-9-7-21(8-10-22)34-31(39)15-16-37(3)4/h7-14,17-19H,6,15-16H2,1-5H3,(H,34,39)(H2,35,36,41). The van der Waals surface area contributed by atoms with Crippen LogP contribution in [-0.2, 0) is 11.3 Å². The lowest BCUT2D eigenvalue weighted by atomic mass is 10.1. The average molecular weight is 582 g/mol. The highest BCUT2D eigenvalue weighted by atomic mass is 16.5. The number of urea groups is 1. The van der Waals surface area contributed by atoms with Crippen LogP contribution in [-0.4, -0.2) is 54.9 Å². The quantitative estimate of drug-likeness (QED) is 0.205. The van der Waals surface area contributed by atoms with Crippen LogP contribution >= 0.6 is 0 Å². The number of ketones is 1. The number of allylic oxidation sites excluding steroid dienone is 1. The Labute approximate surface area is 250 Å². The van der Waals surface area contributed by atoms with E-state index in [-0.39, 0.29) is 17.4 Å². The number of benzene rings is 3. The lowest BCUT2D eigenvalue weighted by molar-refractivity contribution is -0.116. The number of Topliss-reactive ketones (excluding diaryl/α,β-unsaturated/α-hetero) is 1. The van der Waals surface area contributed by atoms with Crippen molar-refractivity contribution < 1.29 is 23.9 Å². The molecule has 0 radical (unpaired) electrons. The Balaban J connectivity index is 1.27. The minimum absolute atomic E-state index is 0.0802. The first-order chi connectivity index (χ1) is 20.7. The number of nitrogens with zero attached hydrogens (tertiary/aromatic N) is 2. The third-order valence-corrected chi connectivity index (χ3v) is 7.31. The summed E-state index contributed by atoms with van der Waals surface area (Å²) in [4.78, 5) is 40.0. The number of hydrogen-bond acceptors (Lipinski definition) is 6. The summed E-state index contributed by atoms with van der Waals surface area (Å²) in [5, 5.41) is 9.34. The van der Waals surface area contributed by atoms with Gasteiger partial charge in [-0.1, -0.05) is 0 Å². The first-order valence-electron chi connectivity index (χ1n) is 14.0. The lowest BCUT2D eigenvalue weighted by Gasteiger charge is -2.11. The average Bonchev–Trinajstić information content (AvgIpc) is 3.44. The highest BCUT2D eigenvalue weighted by molar-refractivity contribution is 6.16. The molecule has 0 unspecified atom stereocenters. The van der Waals surface area contributed by atoms with E-state index in [4.69, 9.17) is 9.47 Å². The molecule has 3 amide bonds. The Morgan fingerprint density at radius 3 is 2.30 bits per heavy atom. The monoisotopic (exact) mass is 581 g/mol. The number of anilines is 3. The SMILES string of the molecule is CCn1c(C)c(C=C2Oc3ccc(NC(=O)Nc4ccc(NC(=O)CCN(C)C)cc4)cc3C2=O)c2cc(OC)ccc21. The number of carbonyl (C=O) groups excluding carboxylic acids is 3. The van der Waals surface area contributed by atoms with Crippen LogP contribution in [0.5, 0.6) is 11.5 Å². The van der Waals surface area contributed by atoms with Crippen LogP contribution < -0.4 is 25.4 Å². The van der Waals surface area contributed by atoms with Gasteiger partial charge in [-0.15, -0.1) is 0 Å². The van der Waals surface area contributed by atoms with Gasteiger partial charge in [0.25, 0.3) is 0 Å². The van der Waals surface area contributed by atoms with Crippen molar-refractivity contribution in [3.63, 3.8) is 0 Å². The maximum atomic E-state index is 13.4. The summed E-state index contributed by atoms with van der Waals surface area (Å²) in [6.45, 7) is 5.53. The second kappa shape index (κ2) is 12.4. The summed E-state index contributed by atoms with van der Waals surface area (Å²) < 4.78 is 13.6. The van der Waals surface area contributed by atoms with Gasteiger partial charge in [0.2, 0.25) is 11.7 Å². The Bertz CT molecular complexity index is 1740. The molecule has 1 aliphatic rings. The predicted octanol–water partition coefficient (Wildman–Crippen LogP) is 6.13. The van der Waals surface area contributed by atoms with Gasteiger partial charge < -0.3 is 34.9 Å². The fourth-order valence-electron chi connectivity index (χ4n) is 5.08. The zero-order chi connectivity index (χ0) is 30.7. The number of amides is 3. The molecule has 4 aromatic rings. The molecule has 2 heterocycles. The third-order valence-electron chi connectivity index (χ3n) is 7.31. The Hall–Kier alpha value is -5.09. The van der Waals surface area contributed by atoms with E-state index >= 15 is 0 Å². The molecule has 0 fully saturated rings. The number of nitrogens with one attached hydrogen (secondary N) is 3. The number of methoxy groups -OCH3 is 1. The van der Waals surface area contributed by atoms with Gasteiger partial charge in [0, 0.05) is 58.7 Å². The highest BCUT2D eigenvalue weighted by Gasteiger charge is 2.29. The molecule has 10 nitrogen and oxygen atoms in total. The molecule has 0 saturated heterocycles. The van der Waals surface area contributed by atoms with Crippen LogP contribution in [0.2, 0.25) is 0 Å². The maximum Gasteiger partial charge on any atom is 0.323 e. The summed E-state index contributed by atoms with van der Waals surface area (Å²) >= 11 is 0. The fourth-order valence-corrected chi connectivity index (χ4v) is 5.08. The van der Waals surface area contributed by atoms with Crippen LogP contribution in [0, 0.1) is 6.92 Å². The maximum absolute atomic E-state index is 13.4.